The first-order valence-electron chi connectivity index (χ1n) is 9.04. The molecule has 1 N–H and O–H groups in total. The van der Waals surface area contributed by atoms with Crippen LogP contribution in [0.4, 0.5) is 11.4 Å². The number of hydrogen-bond acceptors (Lipinski definition) is 5. The van der Waals surface area contributed by atoms with E-state index in [0.29, 0.717) is 0 Å². The number of amides is 1. The number of hydrogen-bond donors (Lipinski definition) is 1. The van der Waals surface area contributed by atoms with Crippen LogP contribution < -0.4 is 10.2 Å². The van der Waals surface area contributed by atoms with Crippen molar-refractivity contribution in [2.75, 3.05) is 18.0 Å². The lowest BCUT2D eigenvalue weighted by Gasteiger charge is -2.29. The van der Waals surface area contributed by atoms with Gasteiger partial charge in [-0.1, -0.05) is 30.3 Å². The number of furan rings is 1. The number of rotatable bonds is 6. The van der Waals surface area contributed by atoms with E-state index in [-0.39, 0.29) is 23.8 Å². The van der Waals surface area contributed by atoms with Gasteiger partial charge in [-0.2, -0.15) is 0 Å². The lowest BCUT2D eigenvalue weighted by atomic mass is 10.1. The summed E-state index contributed by atoms with van der Waals surface area (Å²) in [5.74, 6) is 0.260. The summed E-state index contributed by atoms with van der Waals surface area (Å²) in [6, 6.07) is 17.6. The van der Waals surface area contributed by atoms with Gasteiger partial charge in [-0.25, -0.2) is 0 Å². The predicted octanol–water partition coefficient (Wildman–Crippen LogP) is 3.72. The molecule has 7 nitrogen and oxygen atoms in total. The van der Waals surface area contributed by atoms with Crippen LogP contribution in [0.25, 0.3) is 0 Å². The minimum atomic E-state index is -0.546. The Morgan fingerprint density at radius 2 is 1.93 bits per heavy atom. The molecule has 0 aliphatic carbocycles. The number of carbonyl (C=O) groups is 1. The molecule has 142 valence electrons. The first-order valence-corrected chi connectivity index (χ1v) is 9.04. The van der Waals surface area contributed by atoms with E-state index in [1.165, 1.54) is 17.7 Å². The van der Waals surface area contributed by atoms with Gasteiger partial charge in [0.05, 0.1) is 11.2 Å². The molecule has 0 fully saturated rings. The molecular weight excluding hydrogens is 358 g/mol. The van der Waals surface area contributed by atoms with Crippen LogP contribution in [0, 0.1) is 10.1 Å². The van der Waals surface area contributed by atoms with E-state index in [9.17, 15) is 14.9 Å². The third-order valence-corrected chi connectivity index (χ3v) is 4.97. The van der Waals surface area contributed by atoms with E-state index in [0.717, 1.165) is 24.4 Å². The van der Waals surface area contributed by atoms with Gasteiger partial charge < -0.3 is 14.6 Å². The highest BCUT2D eigenvalue weighted by atomic mass is 16.6. The third-order valence-electron chi connectivity index (χ3n) is 4.97. The Kier molecular flexibility index (Phi) is 4.80. The molecule has 0 saturated heterocycles. The van der Waals surface area contributed by atoms with Crippen molar-refractivity contribution in [2.24, 2.45) is 0 Å². The maximum atomic E-state index is 12.6. The van der Waals surface area contributed by atoms with Gasteiger partial charge in [-0.15, -0.1) is 0 Å². The van der Waals surface area contributed by atoms with E-state index in [4.69, 9.17) is 4.42 Å². The van der Waals surface area contributed by atoms with Gasteiger partial charge in [0.15, 0.2) is 0 Å². The van der Waals surface area contributed by atoms with E-state index >= 15 is 0 Å². The molecular formula is C21H19N3O4. The number of nitro benzene ring substituents is 1. The fraction of sp³-hybridized carbons (Fsp3) is 0.190. The van der Waals surface area contributed by atoms with Crippen LogP contribution in [-0.2, 0) is 6.42 Å². The number of nitrogens with one attached hydrogen (secondary N) is 1. The molecule has 1 aromatic heterocycles. The number of anilines is 1. The van der Waals surface area contributed by atoms with Gasteiger partial charge in [0.25, 0.3) is 11.6 Å². The minimum absolute atomic E-state index is 0.0486. The van der Waals surface area contributed by atoms with Crippen molar-refractivity contribution in [1.29, 1.82) is 0 Å². The molecule has 4 rings (SSSR count). The summed E-state index contributed by atoms with van der Waals surface area (Å²) in [5.41, 5.74) is 2.21. The lowest BCUT2D eigenvalue weighted by molar-refractivity contribution is -0.385. The van der Waals surface area contributed by atoms with E-state index in [1.807, 2.05) is 24.3 Å². The Balaban J connectivity index is 1.57. The topological polar surface area (TPSA) is 88.6 Å². The molecule has 0 bridgehead atoms. The summed E-state index contributed by atoms with van der Waals surface area (Å²) in [6.45, 7) is 1.08. The summed E-state index contributed by atoms with van der Waals surface area (Å²) in [6.07, 6.45) is 2.53. The maximum absolute atomic E-state index is 12.6. The normalized spacial score (nSPS) is 13.8. The molecule has 7 heteroatoms. The molecule has 0 unspecified atom stereocenters. The molecule has 1 amide bonds. The number of carbonyl (C=O) groups excluding carboxylic acids is 1. The summed E-state index contributed by atoms with van der Waals surface area (Å²) < 4.78 is 5.62. The summed E-state index contributed by atoms with van der Waals surface area (Å²) in [7, 11) is 0. The quantitative estimate of drug-likeness (QED) is 0.522. The Morgan fingerprint density at radius 1 is 1.14 bits per heavy atom. The summed E-state index contributed by atoms with van der Waals surface area (Å²) >= 11 is 0. The smallest absolute Gasteiger partial charge is 0.282 e. The second kappa shape index (κ2) is 7.56. The average Bonchev–Trinajstić information content (AvgIpc) is 3.39. The highest BCUT2D eigenvalue weighted by Gasteiger charge is 2.29. The average molecular weight is 377 g/mol. The van der Waals surface area contributed by atoms with Gasteiger partial charge >= 0.3 is 0 Å². The second-order valence-corrected chi connectivity index (χ2v) is 6.59. The van der Waals surface area contributed by atoms with Crippen molar-refractivity contribution in [3.8, 4) is 0 Å². The molecule has 2 aromatic carbocycles. The first-order chi connectivity index (χ1) is 13.6. The zero-order valence-corrected chi connectivity index (χ0v) is 15.1. The molecule has 1 atom stereocenters. The van der Waals surface area contributed by atoms with E-state index in [1.54, 1.807) is 18.4 Å². The molecule has 1 aliphatic rings. The third kappa shape index (κ3) is 3.34. The van der Waals surface area contributed by atoms with Crippen molar-refractivity contribution in [1.82, 2.24) is 5.32 Å². The highest BCUT2D eigenvalue weighted by Crippen LogP contribution is 2.35. The fourth-order valence-electron chi connectivity index (χ4n) is 3.64. The van der Waals surface area contributed by atoms with Crippen molar-refractivity contribution < 1.29 is 14.1 Å². The highest BCUT2D eigenvalue weighted by molar-refractivity contribution is 5.98. The number of nitrogens with zero attached hydrogens (tertiary/aromatic N) is 2. The number of nitro groups is 1. The molecule has 0 saturated carbocycles. The van der Waals surface area contributed by atoms with E-state index < -0.39 is 10.8 Å². The Labute approximate surface area is 161 Å². The predicted molar refractivity (Wildman–Crippen MR) is 104 cm³/mol. The molecule has 3 aromatic rings. The standard InChI is InChI=1S/C21H19N3O4/c25-21(16-7-2-4-9-18(16)24(26)27)22-14-19(20-10-5-13-28-20)23-12-11-15-6-1-3-8-17(15)23/h1-10,13,19H,11-12,14H2,(H,22,25)/t19-/m0/s1. The van der Waals surface area contributed by atoms with Gasteiger partial charge in [-0.3, -0.25) is 14.9 Å². The number of para-hydroxylation sites is 2. The lowest BCUT2D eigenvalue weighted by Crippen LogP contribution is -2.37. The summed E-state index contributed by atoms with van der Waals surface area (Å²) in [4.78, 5) is 25.5. The summed E-state index contributed by atoms with van der Waals surface area (Å²) in [5, 5.41) is 14.0. The van der Waals surface area contributed by atoms with Crippen molar-refractivity contribution in [3.63, 3.8) is 0 Å². The molecule has 0 radical (unpaired) electrons. The largest absolute Gasteiger partial charge is 0.467 e. The van der Waals surface area contributed by atoms with Crippen LogP contribution in [0.15, 0.2) is 71.3 Å². The zero-order valence-electron chi connectivity index (χ0n) is 15.1. The Bertz CT molecular complexity index is 1000. The molecule has 0 spiro atoms. The zero-order chi connectivity index (χ0) is 19.5. The Morgan fingerprint density at radius 3 is 2.71 bits per heavy atom. The van der Waals surface area contributed by atoms with Crippen LogP contribution >= 0.6 is 0 Å². The molecule has 2 heterocycles. The molecule has 28 heavy (non-hydrogen) atoms. The number of benzene rings is 2. The second-order valence-electron chi connectivity index (χ2n) is 6.59. The van der Waals surface area contributed by atoms with Gasteiger partial charge in [0.2, 0.25) is 0 Å². The van der Waals surface area contributed by atoms with Crippen molar-refractivity contribution in [3.05, 3.63) is 93.9 Å². The van der Waals surface area contributed by atoms with Crippen LogP contribution in [0.1, 0.15) is 27.7 Å². The monoisotopic (exact) mass is 377 g/mol. The van der Waals surface area contributed by atoms with E-state index in [2.05, 4.69) is 22.3 Å². The van der Waals surface area contributed by atoms with Gasteiger partial charge in [0, 0.05) is 24.8 Å². The van der Waals surface area contributed by atoms with Crippen LogP contribution in [0.2, 0.25) is 0 Å². The van der Waals surface area contributed by atoms with Gasteiger partial charge in [-0.05, 0) is 36.2 Å². The maximum Gasteiger partial charge on any atom is 0.282 e. The van der Waals surface area contributed by atoms with Crippen LogP contribution in [0.5, 0.6) is 0 Å². The van der Waals surface area contributed by atoms with Crippen LogP contribution in [0.3, 0.4) is 0 Å². The van der Waals surface area contributed by atoms with Crippen molar-refractivity contribution in [2.45, 2.75) is 12.5 Å². The number of fused-ring (bicyclic) bond motifs is 1. The minimum Gasteiger partial charge on any atom is -0.467 e. The van der Waals surface area contributed by atoms with Gasteiger partial charge in [0.1, 0.15) is 17.4 Å². The SMILES string of the molecule is O=C(NC[C@@H](c1ccco1)N1CCc2ccccc21)c1ccccc1[N+](=O)[O-]. The molecule has 1 aliphatic heterocycles. The fourth-order valence-corrected chi connectivity index (χ4v) is 3.64. The van der Waals surface area contributed by atoms with Crippen LogP contribution in [-0.4, -0.2) is 23.9 Å². The van der Waals surface area contributed by atoms with Crippen molar-refractivity contribution >= 4 is 17.3 Å². The first kappa shape index (κ1) is 17.8. The Hall–Kier alpha value is -3.61.